The fraction of sp³-hybridized carbons (Fsp3) is 0.625. The third-order valence-corrected chi connectivity index (χ3v) is 4.61. The van der Waals surface area contributed by atoms with Gasteiger partial charge in [-0.1, -0.05) is 19.3 Å². The summed E-state index contributed by atoms with van der Waals surface area (Å²) in [5.41, 5.74) is 6.49. The SMILES string of the molecule is NCC1(c2cc3c(cc2F)OCCCO3)CCCCC1. The van der Waals surface area contributed by atoms with Crippen LogP contribution in [0.15, 0.2) is 12.1 Å². The highest BCUT2D eigenvalue weighted by Gasteiger charge is 2.36. The molecule has 1 aliphatic carbocycles. The summed E-state index contributed by atoms with van der Waals surface area (Å²) in [5, 5.41) is 0. The third-order valence-electron chi connectivity index (χ3n) is 4.61. The number of rotatable bonds is 2. The van der Waals surface area contributed by atoms with Crippen LogP contribution >= 0.6 is 0 Å². The molecule has 2 N–H and O–H groups in total. The standard InChI is InChI=1S/C16H22FNO2/c17-13-10-15-14(19-7-4-8-20-15)9-12(13)16(11-18)5-2-1-3-6-16/h9-10H,1-8,11,18H2. The molecular formula is C16H22FNO2. The van der Waals surface area contributed by atoms with Crippen LogP contribution in [-0.2, 0) is 5.41 Å². The number of benzene rings is 1. The van der Waals surface area contributed by atoms with E-state index in [2.05, 4.69) is 0 Å². The van der Waals surface area contributed by atoms with Gasteiger partial charge in [-0.3, -0.25) is 0 Å². The van der Waals surface area contributed by atoms with Gasteiger partial charge < -0.3 is 15.2 Å². The quantitative estimate of drug-likeness (QED) is 0.904. The summed E-state index contributed by atoms with van der Waals surface area (Å²) >= 11 is 0. The Labute approximate surface area is 119 Å². The first kappa shape index (κ1) is 13.7. The van der Waals surface area contributed by atoms with E-state index < -0.39 is 0 Å². The summed E-state index contributed by atoms with van der Waals surface area (Å²) in [6.07, 6.45) is 6.19. The molecule has 0 unspecified atom stereocenters. The molecule has 3 rings (SSSR count). The Bertz CT molecular complexity index is 484. The van der Waals surface area contributed by atoms with Crippen molar-refractivity contribution in [1.29, 1.82) is 0 Å². The molecule has 3 nitrogen and oxygen atoms in total. The van der Waals surface area contributed by atoms with Crippen molar-refractivity contribution in [3.05, 3.63) is 23.5 Å². The third kappa shape index (κ3) is 2.37. The Kier molecular flexibility index (Phi) is 3.83. The Hall–Kier alpha value is -1.29. The van der Waals surface area contributed by atoms with Crippen LogP contribution in [0.2, 0.25) is 0 Å². The summed E-state index contributed by atoms with van der Waals surface area (Å²) in [4.78, 5) is 0. The van der Waals surface area contributed by atoms with Crippen LogP contribution in [0, 0.1) is 5.82 Å². The summed E-state index contributed by atoms with van der Waals surface area (Å²) in [7, 11) is 0. The van der Waals surface area contributed by atoms with Gasteiger partial charge in [0.1, 0.15) is 5.82 Å². The molecule has 20 heavy (non-hydrogen) atoms. The molecule has 110 valence electrons. The fourth-order valence-corrected chi connectivity index (χ4v) is 3.40. The van der Waals surface area contributed by atoms with Gasteiger partial charge in [-0.2, -0.15) is 0 Å². The van der Waals surface area contributed by atoms with Crippen molar-refractivity contribution in [2.45, 2.75) is 43.9 Å². The van der Waals surface area contributed by atoms with Gasteiger partial charge in [0.25, 0.3) is 0 Å². The molecule has 1 heterocycles. The van der Waals surface area contributed by atoms with E-state index in [0.717, 1.165) is 32.1 Å². The van der Waals surface area contributed by atoms with Gasteiger partial charge in [-0.15, -0.1) is 0 Å². The predicted octanol–water partition coefficient (Wildman–Crippen LogP) is 3.15. The fourth-order valence-electron chi connectivity index (χ4n) is 3.40. The minimum atomic E-state index is -0.229. The van der Waals surface area contributed by atoms with Crippen LogP contribution in [-0.4, -0.2) is 19.8 Å². The molecule has 2 aliphatic rings. The number of fused-ring (bicyclic) bond motifs is 1. The van der Waals surface area contributed by atoms with E-state index >= 15 is 0 Å². The lowest BCUT2D eigenvalue weighted by Gasteiger charge is -2.37. The van der Waals surface area contributed by atoms with Gasteiger partial charge >= 0.3 is 0 Å². The highest BCUT2D eigenvalue weighted by molar-refractivity contribution is 5.47. The lowest BCUT2D eigenvalue weighted by atomic mass is 9.69. The predicted molar refractivity (Wildman–Crippen MR) is 75.8 cm³/mol. The molecule has 4 heteroatoms. The normalized spacial score (nSPS) is 21.3. The molecule has 1 aliphatic heterocycles. The zero-order chi connectivity index (χ0) is 14.0. The summed E-state index contributed by atoms with van der Waals surface area (Å²) < 4.78 is 25.8. The van der Waals surface area contributed by atoms with Gasteiger partial charge in [0.15, 0.2) is 11.5 Å². The maximum Gasteiger partial charge on any atom is 0.164 e. The minimum absolute atomic E-state index is 0.207. The minimum Gasteiger partial charge on any atom is -0.490 e. The topological polar surface area (TPSA) is 44.5 Å². The monoisotopic (exact) mass is 279 g/mol. The van der Waals surface area contributed by atoms with Crippen molar-refractivity contribution in [3.63, 3.8) is 0 Å². The molecule has 0 aromatic heterocycles. The van der Waals surface area contributed by atoms with Crippen LogP contribution in [0.25, 0.3) is 0 Å². The number of nitrogens with two attached hydrogens (primary N) is 1. The molecule has 1 fully saturated rings. The average molecular weight is 279 g/mol. The second kappa shape index (κ2) is 5.60. The Morgan fingerprint density at radius 1 is 1.00 bits per heavy atom. The molecule has 0 radical (unpaired) electrons. The number of hydrogen-bond donors (Lipinski definition) is 1. The van der Waals surface area contributed by atoms with Crippen LogP contribution in [0.3, 0.4) is 0 Å². The van der Waals surface area contributed by atoms with Crippen LogP contribution in [0.5, 0.6) is 11.5 Å². The summed E-state index contributed by atoms with van der Waals surface area (Å²) in [6.45, 7) is 1.69. The molecule has 0 atom stereocenters. The van der Waals surface area contributed by atoms with Crippen molar-refractivity contribution in [2.24, 2.45) is 5.73 Å². The van der Waals surface area contributed by atoms with Crippen molar-refractivity contribution >= 4 is 0 Å². The van der Waals surface area contributed by atoms with E-state index in [4.69, 9.17) is 15.2 Å². The zero-order valence-electron chi connectivity index (χ0n) is 11.8. The van der Waals surface area contributed by atoms with Crippen LogP contribution < -0.4 is 15.2 Å². The highest BCUT2D eigenvalue weighted by Crippen LogP contribution is 2.43. The number of halogens is 1. The maximum atomic E-state index is 14.5. The van der Waals surface area contributed by atoms with E-state index in [1.807, 2.05) is 6.07 Å². The Morgan fingerprint density at radius 2 is 1.65 bits per heavy atom. The Balaban J connectivity index is 2.02. The lowest BCUT2D eigenvalue weighted by Crippen LogP contribution is -2.38. The molecular weight excluding hydrogens is 257 g/mol. The van der Waals surface area contributed by atoms with Crippen molar-refractivity contribution in [1.82, 2.24) is 0 Å². The summed E-state index contributed by atoms with van der Waals surface area (Å²) in [6, 6.07) is 3.30. The van der Waals surface area contributed by atoms with Crippen molar-refractivity contribution in [3.8, 4) is 11.5 Å². The van der Waals surface area contributed by atoms with Gasteiger partial charge in [0.2, 0.25) is 0 Å². The van der Waals surface area contributed by atoms with E-state index in [9.17, 15) is 4.39 Å². The zero-order valence-corrected chi connectivity index (χ0v) is 11.8. The molecule has 0 spiro atoms. The van der Waals surface area contributed by atoms with Crippen LogP contribution in [0.1, 0.15) is 44.1 Å². The second-order valence-corrected chi connectivity index (χ2v) is 5.87. The van der Waals surface area contributed by atoms with Gasteiger partial charge in [0, 0.05) is 24.4 Å². The number of ether oxygens (including phenoxy) is 2. The average Bonchev–Trinajstić information content (AvgIpc) is 2.72. The first-order chi connectivity index (χ1) is 9.75. The summed E-state index contributed by atoms with van der Waals surface area (Å²) in [5.74, 6) is 0.977. The molecule has 0 bridgehead atoms. The smallest absolute Gasteiger partial charge is 0.164 e. The molecule has 1 saturated carbocycles. The largest absolute Gasteiger partial charge is 0.490 e. The molecule has 1 aromatic rings. The van der Waals surface area contributed by atoms with E-state index in [-0.39, 0.29) is 11.2 Å². The van der Waals surface area contributed by atoms with E-state index in [0.29, 0.717) is 36.8 Å². The van der Waals surface area contributed by atoms with Crippen molar-refractivity contribution < 1.29 is 13.9 Å². The van der Waals surface area contributed by atoms with Gasteiger partial charge in [-0.05, 0) is 24.5 Å². The van der Waals surface area contributed by atoms with Crippen molar-refractivity contribution in [2.75, 3.05) is 19.8 Å². The first-order valence-electron chi connectivity index (χ1n) is 7.55. The van der Waals surface area contributed by atoms with Gasteiger partial charge in [0.05, 0.1) is 13.2 Å². The van der Waals surface area contributed by atoms with Crippen LogP contribution in [0.4, 0.5) is 4.39 Å². The molecule has 0 saturated heterocycles. The van der Waals surface area contributed by atoms with Gasteiger partial charge in [-0.25, -0.2) is 4.39 Å². The second-order valence-electron chi connectivity index (χ2n) is 5.87. The molecule has 0 amide bonds. The van der Waals surface area contributed by atoms with E-state index in [1.54, 1.807) is 0 Å². The van der Waals surface area contributed by atoms with E-state index in [1.165, 1.54) is 12.5 Å². The highest BCUT2D eigenvalue weighted by atomic mass is 19.1. The lowest BCUT2D eigenvalue weighted by molar-refractivity contribution is 0.286. The maximum absolute atomic E-state index is 14.5. The molecule has 1 aromatic carbocycles. The Morgan fingerprint density at radius 3 is 2.30 bits per heavy atom. The number of hydrogen-bond acceptors (Lipinski definition) is 3. The first-order valence-corrected chi connectivity index (χ1v) is 7.55.